The van der Waals surface area contributed by atoms with E-state index in [2.05, 4.69) is 14.7 Å². The fourth-order valence-electron chi connectivity index (χ4n) is 0.610. The van der Waals surface area contributed by atoms with Gasteiger partial charge in [0.15, 0.2) is 0 Å². The Kier molecular flexibility index (Phi) is 2.34. The standard InChI is InChI=1S/C5H5N3O3S/c1-12-5(6-2-9)7-3(8-12)4(10)11/h2H,1H3,(H-,6,7,8,9,10,11)/p+1. The maximum Gasteiger partial charge on any atom is 0.379 e. The Hall–Kier alpha value is -1.50. The number of anilines is 1. The van der Waals surface area contributed by atoms with E-state index in [0.717, 1.165) is 0 Å². The summed E-state index contributed by atoms with van der Waals surface area (Å²) < 4.78 is 3.71. The molecule has 0 aliphatic carbocycles. The molecule has 1 aromatic heterocycles. The molecule has 1 rings (SSSR count). The zero-order chi connectivity index (χ0) is 9.14. The van der Waals surface area contributed by atoms with E-state index in [1.54, 1.807) is 6.26 Å². The number of aryl methyl sites for hydroxylation is 1. The fourth-order valence-corrected chi connectivity index (χ4v) is 1.51. The molecule has 64 valence electrons. The van der Waals surface area contributed by atoms with Gasteiger partial charge in [-0.3, -0.25) is 10.1 Å². The number of carboxylic acids is 1. The maximum atomic E-state index is 10.3. The molecule has 0 aliphatic heterocycles. The van der Waals surface area contributed by atoms with Crippen molar-refractivity contribution in [3.05, 3.63) is 5.82 Å². The zero-order valence-corrected chi connectivity index (χ0v) is 6.96. The van der Waals surface area contributed by atoms with E-state index in [1.165, 1.54) is 0 Å². The molecule has 1 unspecified atom stereocenters. The van der Waals surface area contributed by atoms with Crippen molar-refractivity contribution in [2.75, 3.05) is 5.32 Å². The van der Waals surface area contributed by atoms with Gasteiger partial charge < -0.3 is 5.11 Å². The Balaban J connectivity index is 2.99. The minimum atomic E-state index is -1.18. The number of rotatable bonds is 3. The molecule has 1 aromatic rings. The average molecular weight is 188 g/mol. The molecule has 0 bridgehead atoms. The van der Waals surface area contributed by atoms with E-state index >= 15 is 0 Å². The van der Waals surface area contributed by atoms with E-state index in [4.69, 9.17) is 5.11 Å². The van der Waals surface area contributed by atoms with Crippen LogP contribution in [0.25, 0.3) is 0 Å². The first-order valence-electron chi connectivity index (χ1n) is 2.92. The molecular weight excluding hydrogens is 182 g/mol. The van der Waals surface area contributed by atoms with Crippen molar-refractivity contribution in [1.29, 1.82) is 0 Å². The summed E-state index contributed by atoms with van der Waals surface area (Å²) in [5.74, 6) is -1.44. The first kappa shape index (κ1) is 8.60. The second kappa shape index (κ2) is 3.26. The summed E-state index contributed by atoms with van der Waals surface area (Å²) in [6.45, 7) is 0. The molecule has 0 aliphatic rings. The molecule has 0 spiro atoms. The van der Waals surface area contributed by atoms with Crippen molar-refractivity contribution in [2.45, 2.75) is 0 Å². The van der Waals surface area contributed by atoms with Crippen LogP contribution in [0.3, 0.4) is 0 Å². The lowest BCUT2D eigenvalue weighted by Crippen LogP contribution is -1.99. The van der Waals surface area contributed by atoms with Crippen LogP contribution in [0.1, 0.15) is 10.6 Å². The van der Waals surface area contributed by atoms with Crippen LogP contribution in [0.2, 0.25) is 0 Å². The molecule has 12 heavy (non-hydrogen) atoms. The normalized spacial score (nSPS) is 10.9. The Morgan fingerprint density at radius 2 is 2.42 bits per heavy atom. The van der Waals surface area contributed by atoms with Crippen molar-refractivity contribution in [3.8, 4) is 0 Å². The number of carboxylic acid groups (broad SMARTS) is 1. The van der Waals surface area contributed by atoms with Crippen LogP contribution in [0.5, 0.6) is 0 Å². The number of carbonyl (C=O) groups is 2. The molecule has 1 heterocycles. The van der Waals surface area contributed by atoms with Gasteiger partial charge in [0.2, 0.25) is 6.41 Å². The molecule has 1 amide bonds. The van der Waals surface area contributed by atoms with Crippen molar-refractivity contribution < 1.29 is 14.7 Å². The molecular formula is C5H6N3O3S+. The van der Waals surface area contributed by atoms with Gasteiger partial charge in [-0.2, -0.15) is 0 Å². The Morgan fingerprint density at radius 3 is 2.83 bits per heavy atom. The third-order valence-corrected chi connectivity index (χ3v) is 2.30. The Bertz CT molecular complexity index is 322. The summed E-state index contributed by atoms with van der Waals surface area (Å²) >= 11 is 0. The minimum absolute atomic E-state index is 0.259. The highest BCUT2D eigenvalue weighted by molar-refractivity contribution is 7.28. The SMILES string of the molecule is C[s+]1nc(C(=O)O)nc1NC=O. The third kappa shape index (κ3) is 1.56. The Labute approximate surface area is 70.4 Å². The van der Waals surface area contributed by atoms with Gasteiger partial charge in [0.05, 0.1) is 0 Å². The summed E-state index contributed by atoms with van der Waals surface area (Å²) in [4.78, 5) is 23.9. The van der Waals surface area contributed by atoms with E-state index in [1.807, 2.05) is 0 Å². The zero-order valence-electron chi connectivity index (χ0n) is 6.14. The number of hydrogen-bond donors (Lipinski definition) is 2. The van der Waals surface area contributed by atoms with Crippen LogP contribution in [0.4, 0.5) is 5.13 Å². The fraction of sp³-hybridized carbons (Fsp3) is 0.200. The average Bonchev–Trinajstić information content (AvgIpc) is 2.34. The molecule has 1 atom stereocenters. The summed E-state index contributed by atoms with van der Waals surface area (Å²) in [6, 6.07) is 0. The highest BCUT2D eigenvalue weighted by Gasteiger charge is 2.21. The first-order chi connectivity index (χ1) is 5.65. The van der Waals surface area contributed by atoms with Crippen LogP contribution in [0, 0.1) is 0 Å². The van der Waals surface area contributed by atoms with Gasteiger partial charge in [-0.15, -0.1) is 4.98 Å². The van der Waals surface area contributed by atoms with Gasteiger partial charge >= 0.3 is 11.1 Å². The Morgan fingerprint density at radius 1 is 1.75 bits per heavy atom. The van der Waals surface area contributed by atoms with E-state index < -0.39 is 16.6 Å². The minimum Gasteiger partial charge on any atom is -0.475 e. The lowest BCUT2D eigenvalue weighted by atomic mass is 10.6. The molecule has 0 saturated carbocycles. The maximum absolute atomic E-state index is 10.3. The van der Waals surface area contributed by atoms with E-state index in [9.17, 15) is 9.59 Å². The van der Waals surface area contributed by atoms with Gasteiger partial charge in [-0.25, -0.2) is 4.79 Å². The quantitative estimate of drug-likeness (QED) is 0.515. The largest absolute Gasteiger partial charge is 0.475 e. The lowest BCUT2D eigenvalue weighted by Gasteiger charge is -1.79. The van der Waals surface area contributed by atoms with Crippen LogP contribution in [-0.4, -0.2) is 26.8 Å². The summed E-state index contributed by atoms with van der Waals surface area (Å²) in [5.41, 5.74) is 0. The van der Waals surface area contributed by atoms with Crippen LogP contribution < -0.4 is 5.32 Å². The van der Waals surface area contributed by atoms with Crippen molar-refractivity contribution in [3.63, 3.8) is 0 Å². The second-order valence-corrected chi connectivity index (χ2v) is 3.40. The molecule has 0 saturated heterocycles. The molecule has 0 fully saturated rings. The smallest absolute Gasteiger partial charge is 0.379 e. The van der Waals surface area contributed by atoms with Gasteiger partial charge in [-0.05, 0) is 4.37 Å². The van der Waals surface area contributed by atoms with Gasteiger partial charge in [0, 0.05) is 0 Å². The first-order valence-corrected chi connectivity index (χ1v) is 4.51. The van der Waals surface area contributed by atoms with Gasteiger partial charge in [0.1, 0.15) is 16.9 Å². The molecule has 2 N–H and O–H groups in total. The van der Waals surface area contributed by atoms with Gasteiger partial charge in [-0.1, -0.05) is 0 Å². The number of carbonyl (C=O) groups excluding carboxylic acids is 1. The predicted octanol–water partition coefficient (Wildman–Crippen LogP) is 0.0292. The number of nitrogens with one attached hydrogen (secondary N) is 1. The van der Waals surface area contributed by atoms with Crippen LogP contribution in [-0.2, 0) is 11.1 Å². The molecule has 7 heteroatoms. The van der Waals surface area contributed by atoms with Crippen molar-refractivity contribution in [2.24, 2.45) is 6.26 Å². The lowest BCUT2D eigenvalue weighted by molar-refractivity contribution is -0.105. The van der Waals surface area contributed by atoms with Crippen molar-refractivity contribution >= 4 is 28.2 Å². The predicted molar refractivity (Wildman–Crippen MR) is 42.1 cm³/mol. The molecule has 0 radical (unpaired) electrons. The van der Waals surface area contributed by atoms with Crippen molar-refractivity contribution in [1.82, 2.24) is 9.36 Å². The summed E-state index contributed by atoms with van der Waals surface area (Å²) in [6.07, 6.45) is 2.12. The monoisotopic (exact) mass is 188 g/mol. The van der Waals surface area contributed by atoms with Crippen LogP contribution in [0.15, 0.2) is 0 Å². The summed E-state index contributed by atoms with van der Waals surface area (Å²) in [7, 11) is -0.646. The topological polar surface area (TPSA) is 92.2 Å². The number of aromatic carboxylic acids is 1. The number of aromatic nitrogens is 2. The number of nitrogens with zero attached hydrogens (tertiary/aromatic N) is 2. The highest BCUT2D eigenvalue weighted by atomic mass is 32.2. The van der Waals surface area contributed by atoms with Gasteiger partial charge in [0.25, 0.3) is 5.82 Å². The molecule has 0 aromatic carbocycles. The second-order valence-electron chi connectivity index (χ2n) is 1.88. The third-order valence-electron chi connectivity index (χ3n) is 1.08. The summed E-state index contributed by atoms with van der Waals surface area (Å²) in [5, 5.41) is 11.0. The van der Waals surface area contributed by atoms with E-state index in [-0.39, 0.29) is 5.82 Å². The number of hydrogen-bond acceptors (Lipinski definition) is 4. The highest BCUT2D eigenvalue weighted by Crippen LogP contribution is 2.20. The van der Waals surface area contributed by atoms with E-state index in [0.29, 0.717) is 11.5 Å². The molecule has 6 nitrogen and oxygen atoms in total. The van der Waals surface area contributed by atoms with Crippen LogP contribution >= 0.6 is 10.7 Å². The number of amides is 1.